The van der Waals surface area contributed by atoms with Crippen LogP contribution in [0.1, 0.15) is 16.7 Å². The maximum absolute atomic E-state index is 12.3. The number of benzene rings is 3. The molecule has 0 atom stereocenters. The van der Waals surface area contributed by atoms with E-state index >= 15 is 0 Å². The van der Waals surface area contributed by atoms with Gasteiger partial charge in [-0.3, -0.25) is 4.79 Å². The van der Waals surface area contributed by atoms with E-state index in [1.54, 1.807) is 27.4 Å². The van der Waals surface area contributed by atoms with Gasteiger partial charge >= 0.3 is 0 Å². The second kappa shape index (κ2) is 12.9. The first-order valence-electron chi connectivity index (χ1n) is 11.2. The summed E-state index contributed by atoms with van der Waals surface area (Å²) in [5, 5.41) is 6.58. The second-order valence-electron chi connectivity index (χ2n) is 7.93. The van der Waals surface area contributed by atoms with Gasteiger partial charge in [-0.15, -0.1) is 0 Å². The Bertz CT molecular complexity index is 1140. The fraction of sp³-hybridized carbons (Fsp3) is 0.296. The van der Waals surface area contributed by atoms with Crippen LogP contribution in [0.3, 0.4) is 0 Å². The summed E-state index contributed by atoms with van der Waals surface area (Å²) in [4.78, 5) is 12.3. The van der Waals surface area contributed by atoms with Crippen molar-refractivity contribution in [3.63, 3.8) is 0 Å². The summed E-state index contributed by atoms with van der Waals surface area (Å²) in [6, 6.07) is 17.1. The topological polar surface area (TPSA) is 78.1 Å². The fourth-order valence-corrected chi connectivity index (χ4v) is 3.78. The number of rotatable bonds is 12. The van der Waals surface area contributed by atoms with Gasteiger partial charge in [0.1, 0.15) is 0 Å². The summed E-state index contributed by atoms with van der Waals surface area (Å²) in [6.07, 6.45) is 0.822. The van der Waals surface area contributed by atoms with Gasteiger partial charge in [-0.25, -0.2) is 0 Å². The van der Waals surface area contributed by atoms with Crippen LogP contribution < -0.4 is 29.6 Å². The van der Waals surface area contributed by atoms with E-state index in [-0.39, 0.29) is 12.5 Å². The van der Waals surface area contributed by atoms with Gasteiger partial charge in [-0.1, -0.05) is 35.4 Å². The second-order valence-corrected chi connectivity index (χ2v) is 8.34. The van der Waals surface area contributed by atoms with Gasteiger partial charge in [0.15, 0.2) is 29.6 Å². The van der Waals surface area contributed by atoms with E-state index < -0.39 is 0 Å². The van der Waals surface area contributed by atoms with Crippen molar-refractivity contribution in [1.29, 1.82) is 0 Å². The molecule has 0 saturated heterocycles. The number of carbonyl (C=O) groups is 1. The Balaban J connectivity index is 1.53. The number of aryl methyl sites for hydroxylation is 1. The van der Waals surface area contributed by atoms with Crippen LogP contribution in [0.2, 0.25) is 5.02 Å². The van der Waals surface area contributed by atoms with Crippen molar-refractivity contribution in [2.45, 2.75) is 19.9 Å². The summed E-state index contributed by atoms with van der Waals surface area (Å²) in [5.74, 6) is 1.94. The number of carbonyl (C=O) groups excluding carboxylic acids is 1. The molecule has 0 saturated carbocycles. The molecule has 0 radical (unpaired) electrons. The Morgan fingerprint density at radius 2 is 1.54 bits per heavy atom. The van der Waals surface area contributed by atoms with Crippen LogP contribution >= 0.6 is 11.6 Å². The van der Waals surface area contributed by atoms with Crippen molar-refractivity contribution < 1.29 is 23.7 Å². The molecule has 0 bridgehead atoms. The lowest BCUT2D eigenvalue weighted by Crippen LogP contribution is -2.20. The summed E-state index contributed by atoms with van der Waals surface area (Å²) in [6.45, 7) is 3.15. The quantitative estimate of drug-likeness (QED) is 0.341. The standard InChI is InChI=1S/C27H31ClN2O5/c1-18-5-8-21(9-6-18)30-26(31)17-35-27-22(28)13-20(15-25(27)34-4)16-29-12-11-19-7-10-23(32-2)24(14-19)33-3/h5-10,13-15,29H,11-12,16-17H2,1-4H3,(H,30,31). The molecule has 0 spiro atoms. The molecule has 3 aromatic carbocycles. The molecule has 0 aliphatic heterocycles. The minimum atomic E-state index is -0.284. The highest BCUT2D eigenvalue weighted by atomic mass is 35.5. The molecule has 1 amide bonds. The van der Waals surface area contributed by atoms with Gasteiger partial charge < -0.3 is 29.6 Å². The molecule has 0 aliphatic carbocycles. The van der Waals surface area contributed by atoms with Crippen molar-refractivity contribution in [2.24, 2.45) is 0 Å². The Kier molecular flexibility index (Phi) is 9.64. The molecule has 3 aromatic rings. The van der Waals surface area contributed by atoms with Crippen LogP contribution in [0, 0.1) is 6.92 Å². The molecule has 0 aliphatic rings. The smallest absolute Gasteiger partial charge is 0.262 e. The Labute approximate surface area is 211 Å². The summed E-state index contributed by atoms with van der Waals surface area (Å²) < 4.78 is 21.8. The predicted molar refractivity (Wildman–Crippen MR) is 138 cm³/mol. The maximum Gasteiger partial charge on any atom is 0.262 e. The Hall–Kier alpha value is -3.42. The number of nitrogens with one attached hydrogen (secondary N) is 2. The van der Waals surface area contributed by atoms with E-state index in [0.717, 1.165) is 29.7 Å². The minimum absolute atomic E-state index is 0.188. The number of halogens is 1. The lowest BCUT2D eigenvalue weighted by atomic mass is 10.1. The lowest BCUT2D eigenvalue weighted by Gasteiger charge is -2.15. The third-order valence-corrected chi connectivity index (χ3v) is 5.62. The third-order valence-electron chi connectivity index (χ3n) is 5.34. The summed E-state index contributed by atoms with van der Waals surface area (Å²) in [5.41, 5.74) is 3.90. The molecule has 0 heterocycles. The number of amides is 1. The van der Waals surface area contributed by atoms with Gasteiger partial charge in [0, 0.05) is 12.2 Å². The molecule has 7 nitrogen and oxygen atoms in total. The zero-order valence-electron chi connectivity index (χ0n) is 20.4. The van der Waals surface area contributed by atoms with Gasteiger partial charge in [0.25, 0.3) is 5.91 Å². The van der Waals surface area contributed by atoms with Crippen LogP contribution in [-0.4, -0.2) is 40.4 Å². The zero-order chi connectivity index (χ0) is 25.2. The van der Waals surface area contributed by atoms with Gasteiger partial charge in [-0.2, -0.15) is 0 Å². The fourth-order valence-electron chi connectivity index (χ4n) is 3.49. The Morgan fingerprint density at radius 3 is 2.23 bits per heavy atom. The van der Waals surface area contributed by atoms with Crippen molar-refractivity contribution >= 4 is 23.2 Å². The summed E-state index contributed by atoms with van der Waals surface area (Å²) in [7, 11) is 4.79. The van der Waals surface area contributed by atoms with Crippen LogP contribution in [0.4, 0.5) is 5.69 Å². The van der Waals surface area contributed by atoms with Crippen molar-refractivity contribution in [3.8, 4) is 23.0 Å². The minimum Gasteiger partial charge on any atom is -0.493 e. The SMILES string of the molecule is COc1ccc(CCNCc2cc(Cl)c(OCC(=O)Nc3ccc(C)cc3)c(OC)c2)cc1OC. The van der Waals surface area contributed by atoms with E-state index in [1.807, 2.05) is 55.5 Å². The van der Waals surface area contributed by atoms with E-state index in [2.05, 4.69) is 10.6 Å². The highest BCUT2D eigenvalue weighted by Crippen LogP contribution is 2.36. The van der Waals surface area contributed by atoms with Crippen LogP contribution in [-0.2, 0) is 17.8 Å². The molecule has 2 N–H and O–H groups in total. The third kappa shape index (κ3) is 7.53. The number of anilines is 1. The first-order valence-corrected chi connectivity index (χ1v) is 11.6. The van der Waals surface area contributed by atoms with Gasteiger partial charge in [-0.05, 0) is 67.4 Å². The Morgan fingerprint density at radius 1 is 0.857 bits per heavy atom. The first kappa shape index (κ1) is 26.2. The maximum atomic E-state index is 12.3. The largest absolute Gasteiger partial charge is 0.493 e. The number of methoxy groups -OCH3 is 3. The number of ether oxygens (including phenoxy) is 4. The average Bonchev–Trinajstić information content (AvgIpc) is 2.86. The highest BCUT2D eigenvalue weighted by Gasteiger charge is 2.14. The molecule has 35 heavy (non-hydrogen) atoms. The highest BCUT2D eigenvalue weighted by molar-refractivity contribution is 6.32. The molecule has 0 unspecified atom stereocenters. The predicted octanol–water partition coefficient (Wildman–Crippen LogP) is 5.02. The monoisotopic (exact) mass is 498 g/mol. The lowest BCUT2D eigenvalue weighted by molar-refractivity contribution is -0.118. The number of hydrogen-bond acceptors (Lipinski definition) is 6. The molecule has 0 fully saturated rings. The molecule has 8 heteroatoms. The van der Waals surface area contributed by atoms with Gasteiger partial charge in [0.2, 0.25) is 0 Å². The molecular formula is C27H31ClN2O5. The average molecular weight is 499 g/mol. The van der Waals surface area contributed by atoms with Crippen LogP contribution in [0.25, 0.3) is 0 Å². The number of hydrogen-bond donors (Lipinski definition) is 2. The molecule has 3 rings (SSSR count). The normalized spacial score (nSPS) is 10.5. The van der Waals surface area contributed by atoms with E-state index in [1.165, 1.54) is 0 Å². The van der Waals surface area contributed by atoms with Crippen LogP contribution in [0.15, 0.2) is 54.6 Å². The zero-order valence-corrected chi connectivity index (χ0v) is 21.2. The van der Waals surface area contributed by atoms with Crippen molar-refractivity contribution in [3.05, 3.63) is 76.3 Å². The first-order chi connectivity index (χ1) is 16.9. The van der Waals surface area contributed by atoms with Crippen LogP contribution in [0.5, 0.6) is 23.0 Å². The molecule has 186 valence electrons. The van der Waals surface area contributed by atoms with E-state index in [4.69, 9.17) is 30.5 Å². The summed E-state index contributed by atoms with van der Waals surface area (Å²) >= 11 is 6.45. The van der Waals surface area contributed by atoms with Crippen molar-refractivity contribution in [2.75, 3.05) is 39.8 Å². The molecular weight excluding hydrogens is 468 g/mol. The van der Waals surface area contributed by atoms with Gasteiger partial charge in [0.05, 0.1) is 26.4 Å². The van der Waals surface area contributed by atoms with Crippen molar-refractivity contribution in [1.82, 2.24) is 5.32 Å². The van der Waals surface area contributed by atoms with E-state index in [0.29, 0.717) is 40.3 Å². The molecule has 0 aromatic heterocycles. The van der Waals surface area contributed by atoms with E-state index in [9.17, 15) is 4.79 Å².